The Balaban J connectivity index is 0.00000480. The molecule has 2 amide bonds. The summed E-state index contributed by atoms with van der Waals surface area (Å²) in [5, 5.41) is 11.0. The van der Waals surface area contributed by atoms with Gasteiger partial charge in [0.15, 0.2) is 5.82 Å². The summed E-state index contributed by atoms with van der Waals surface area (Å²) >= 11 is 1.23. The molecule has 2 N–H and O–H groups in total. The highest BCUT2D eigenvalue weighted by Gasteiger charge is 2.31. The molecule has 0 spiro atoms. The van der Waals surface area contributed by atoms with Gasteiger partial charge in [0.1, 0.15) is 22.9 Å². The third kappa shape index (κ3) is 7.79. The number of aryl methyl sites for hydroxylation is 2. The number of amides is 2. The predicted molar refractivity (Wildman–Crippen MR) is 172 cm³/mol. The number of urea groups is 1. The van der Waals surface area contributed by atoms with E-state index in [1.165, 1.54) is 47.0 Å². The number of benzene rings is 3. The standard InChI is InChI=1S/C32H29F3N6O3S.H2/c1-4-20-14-21(30-37-18-41(40-30)23-9-11-25(12-10-23)44-32(33,34)35)8-13-27(20)38-31(43)39-28-16-22(15-24(42)17-45-28)26-7-5-6-19(2)29(26)36-3;/h5-14,16,18,36H,4,15,17H2,1-3H3,(H,38,43);1H/b39-28-;. The second-order valence-electron chi connectivity index (χ2n) is 10.1. The van der Waals surface area contributed by atoms with E-state index in [1.54, 1.807) is 18.2 Å². The lowest BCUT2D eigenvalue weighted by molar-refractivity contribution is -0.274. The lowest BCUT2D eigenvalue weighted by atomic mass is 9.96. The van der Waals surface area contributed by atoms with Crippen molar-refractivity contribution in [3.63, 3.8) is 0 Å². The van der Waals surface area contributed by atoms with E-state index in [1.807, 2.05) is 45.2 Å². The molecule has 0 fully saturated rings. The fourth-order valence-corrected chi connectivity index (χ4v) is 5.66. The minimum Gasteiger partial charge on any atom is -0.406 e. The van der Waals surface area contributed by atoms with Crippen molar-refractivity contribution in [2.45, 2.75) is 33.1 Å². The summed E-state index contributed by atoms with van der Waals surface area (Å²) in [6, 6.07) is 15.9. The lowest BCUT2D eigenvalue weighted by Gasteiger charge is -2.14. The summed E-state index contributed by atoms with van der Waals surface area (Å²) in [6.07, 6.45) is -0.679. The lowest BCUT2D eigenvalue weighted by Crippen LogP contribution is -2.17. The maximum absolute atomic E-state index is 13.0. The molecule has 0 bridgehead atoms. The number of carbonyl (C=O) groups excluding carboxylic acids is 2. The number of aromatic nitrogens is 3. The largest absolute Gasteiger partial charge is 0.573 e. The number of hydrogen-bond donors (Lipinski definition) is 2. The van der Waals surface area contributed by atoms with E-state index in [0.717, 1.165) is 28.0 Å². The van der Waals surface area contributed by atoms with Gasteiger partial charge in [-0.05, 0) is 78.6 Å². The Hall–Kier alpha value is -4.91. The summed E-state index contributed by atoms with van der Waals surface area (Å²) in [5.41, 5.74) is 6.25. The van der Waals surface area contributed by atoms with Crippen molar-refractivity contribution in [3.8, 4) is 22.8 Å². The van der Waals surface area contributed by atoms with E-state index in [-0.39, 0.29) is 25.1 Å². The first-order chi connectivity index (χ1) is 21.5. The maximum atomic E-state index is 13.0. The fraction of sp³-hybridized carbons (Fsp3) is 0.219. The topological polar surface area (TPSA) is 110 Å². The van der Waals surface area contributed by atoms with Gasteiger partial charge in [-0.25, -0.2) is 14.5 Å². The Bertz CT molecular complexity index is 1810. The van der Waals surface area contributed by atoms with Crippen LogP contribution in [0, 0.1) is 6.92 Å². The van der Waals surface area contributed by atoms with Crippen molar-refractivity contribution in [1.82, 2.24) is 14.8 Å². The number of hydrogen-bond acceptors (Lipinski definition) is 7. The average molecular weight is 637 g/mol. The molecule has 0 saturated carbocycles. The third-order valence-electron chi connectivity index (χ3n) is 6.96. The molecule has 234 valence electrons. The molecule has 1 aliphatic heterocycles. The van der Waals surface area contributed by atoms with Crippen LogP contribution in [0.2, 0.25) is 0 Å². The maximum Gasteiger partial charge on any atom is 0.573 e. The number of halogens is 3. The molecule has 0 aliphatic carbocycles. The number of aliphatic imine (C=N–C) groups is 1. The number of anilines is 2. The molecule has 1 aromatic heterocycles. The van der Waals surface area contributed by atoms with Crippen LogP contribution < -0.4 is 15.4 Å². The first kappa shape index (κ1) is 31.5. The normalized spacial score (nSPS) is 14.6. The first-order valence-electron chi connectivity index (χ1n) is 14.0. The first-order valence-corrected chi connectivity index (χ1v) is 14.9. The van der Waals surface area contributed by atoms with Crippen LogP contribution in [-0.2, 0) is 11.2 Å². The zero-order valence-electron chi connectivity index (χ0n) is 24.6. The van der Waals surface area contributed by atoms with E-state index in [2.05, 4.69) is 30.4 Å². The second-order valence-corrected chi connectivity index (χ2v) is 11.1. The van der Waals surface area contributed by atoms with Crippen LogP contribution in [0.15, 0.2) is 78.1 Å². The number of Topliss-reactive ketones (excluding diaryl/α,β-unsaturated/α-hetero) is 1. The Kier molecular flexibility index (Phi) is 9.37. The van der Waals surface area contributed by atoms with Gasteiger partial charge in [0, 0.05) is 37.4 Å². The van der Waals surface area contributed by atoms with Crippen LogP contribution in [0.3, 0.4) is 0 Å². The molecule has 5 rings (SSSR count). The molecule has 0 radical (unpaired) electrons. The van der Waals surface area contributed by atoms with Crippen molar-refractivity contribution in [1.29, 1.82) is 0 Å². The second kappa shape index (κ2) is 13.4. The zero-order chi connectivity index (χ0) is 32.1. The van der Waals surface area contributed by atoms with Crippen molar-refractivity contribution >= 4 is 45.6 Å². The van der Waals surface area contributed by atoms with Gasteiger partial charge in [-0.3, -0.25) is 4.79 Å². The van der Waals surface area contributed by atoms with E-state index in [4.69, 9.17) is 0 Å². The molecule has 4 aromatic rings. The van der Waals surface area contributed by atoms with Crippen molar-refractivity contribution in [3.05, 3.63) is 89.8 Å². The molecular formula is C32H31F3N6O3S. The smallest absolute Gasteiger partial charge is 0.406 e. The number of para-hydroxylation sites is 1. The molecule has 2 heterocycles. The average Bonchev–Trinajstić information content (AvgIpc) is 3.42. The van der Waals surface area contributed by atoms with Gasteiger partial charge < -0.3 is 15.4 Å². The zero-order valence-corrected chi connectivity index (χ0v) is 25.4. The number of ether oxygens (including phenoxy) is 1. The Labute approximate surface area is 263 Å². The Morgan fingerprint density at radius 3 is 2.64 bits per heavy atom. The van der Waals surface area contributed by atoms with E-state index >= 15 is 0 Å². The van der Waals surface area contributed by atoms with Crippen molar-refractivity contribution in [2.24, 2.45) is 4.99 Å². The summed E-state index contributed by atoms with van der Waals surface area (Å²) in [7, 11) is 1.83. The minimum atomic E-state index is -4.77. The van der Waals surface area contributed by atoms with Crippen molar-refractivity contribution < 1.29 is 28.9 Å². The van der Waals surface area contributed by atoms with E-state index < -0.39 is 12.4 Å². The number of nitrogens with zero attached hydrogens (tertiary/aromatic N) is 4. The number of ketones is 1. The predicted octanol–water partition coefficient (Wildman–Crippen LogP) is 7.71. The summed E-state index contributed by atoms with van der Waals surface area (Å²) < 4.78 is 42.7. The fourth-order valence-electron chi connectivity index (χ4n) is 4.88. The van der Waals surface area contributed by atoms with Crippen molar-refractivity contribution in [2.75, 3.05) is 23.4 Å². The molecule has 13 heteroatoms. The molecule has 9 nitrogen and oxygen atoms in total. The van der Waals surface area contributed by atoms with Gasteiger partial charge in [-0.2, -0.15) is 4.99 Å². The molecule has 0 unspecified atom stereocenters. The molecule has 1 aliphatic rings. The van der Waals surface area contributed by atoms with Gasteiger partial charge in [-0.15, -0.1) is 18.3 Å². The number of allylic oxidation sites excluding steroid dienone is 1. The van der Waals surface area contributed by atoms with Crippen LogP contribution >= 0.6 is 11.8 Å². The number of carbonyl (C=O) groups is 2. The number of alkyl halides is 3. The number of rotatable bonds is 7. The van der Waals surface area contributed by atoms with Gasteiger partial charge in [-0.1, -0.05) is 36.9 Å². The van der Waals surface area contributed by atoms with Gasteiger partial charge in [0.2, 0.25) is 0 Å². The number of nitrogens with one attached hydrogen (secondary N) is 2. The van der Waals surface area contributed by atoms with Crippen LogP contribution in [0.4, 0.5) is 29.3 Å². The quantitative estimate of drug-likeness (QED) is 0.214. The van der Waals surface area contributed by atoms with Crippen LogP contribution in [0.25, 0.3) is 22.6 Å². The third-order valence-corrected chi connectivity index (χ3v) is 7.93. The van der Waals surface area contributed by atoms with Gasteiger partial charge in [0.05, 0.1) is 11.4 Å². The van der Waals surface area contributed by atoms with Gasteiger partial charge >= 0.3 is 12.4 Å². The van der Waals surface area contributed by atoms with Gasteiger partial charge in [0.25, 0.3) is 0 Å². The SMILES string of the molecule is CCc1cc(-c2ncn(-c3ccc(OC(F)(F)F)cc3)n2)ccc1NC(=O)/N=C1/C=C(c2cccc(C)c2NC)CC(=O)CS1.[HH]. The van der Waals surface area contributed by atoms with E-state index in [9.17, 15) is 22.8 Å². The molecular weight excluding hydrogens is 605 g/mol. The minimum absolute atomic E-state index is 0. The van der Waals surface area contributed by atoms with Crippen LogP contribution in [0.5, 0.6) is 5.75 Å². The van der Waals surface area contributed by atoms with Crippen LogP contribution in [-0.4, -0.2) is 50.8 Å². The van der Waals surface area contributed by atoms with E-state index in [0.29, 0.717) is 34.2 Å². The molecule has 3 aromatic carbocycles. The molecule has 45 heavy (non-hydrogen) atoms. The number of thioether (sulfide) groups is 1. The van der Waals surface area contributed by atoms with Crippen LogP contribution in [0.1, 0.15) is 31.5 Å². The Morgan fingerprint density at radius 1 is 1.16 bits per heavy atom. The molecule has 0 atom stereocenters. The Morgan fingerprint density at radius 2 is 1.93 bits per heavy atom. The highest BCUT2D eigenvalue weighted by Crippen LogP contribution is 2.32. The summed E-state index contributed by atoms with van der Waals surface area (Å²) in [5.74, 6) is 0.326. The highest BCUT2D eigenvalue weighted by atomic mass is 32.2. The summed E-state index contributed by atoms with van der Waals surface area (Å²) in [4.78, 5) is 34.2. The highest BCUT2D eigenvalue weighted by molar-refractivity contribution is 8.14. The molecule has 0 saturated heterocycles. The monoisotopic (exact) mass is 636 g/mol. The summed E-state index contributed by atoms with van der Waals surface area (Å²) in [6.45, 7) is 3.93.